The lowest BCUT2D eigenvalue weighted by molar-refractivity contribution is -0.117. The van der Waals surface area contributed by atoms with Crippen LogP contribution in [0.1, 0.15) is 29.3 Å². The number of anilines is 2. The van der Waals surface area contributed by atoms with E-state index in [4.69, 9.17) is 0 Å². The summed E-state index contributed by atoms with van der Waals surface area (Å²) < 4.78 is 0. The lowest BCUT2D eigenvalue weighted by Crippen LogP contribution is -2.24. The van der Waals surface area contributed by atoms with Crippen molar-refractivity contribution in [1.29, 1.82) is 0 Å². The minimum atomic E-state index is -0.0787. The van der Waals surface area contributed by atoms with Crippen molar-refractivity contribution in [3.05, 3.63) is 65.2 Å². The summed E-state index contributed by atoms with van der Waals surface area (Å²) in [5.74, 6) is 0.702. The average molecular weight is 439 g/mol. The minimum Gasteiger partial charge on any atom is -0.312 e. The van der Waals surface area contributed by atoms with Crippen LogP contribution in [-0.2, 0) is 9.59 Å². The second-order valence-corrected chi connectivity index (χ2v) is 9.33. The normalized spacial score (nSPS) is 16.1. The van der Waals surface area contributed by atoms with Crippen molar-refractivity contribution in [3.8, 4) is 0 Å². The number of hydrogen-bond donors (Lipinski definition) is 1. The Bertz CT molecular complexity index is 1040. The fourth-order valence-corrected chi connectivity index (χ4v) is 5.05. The van der Waals surface area contributed by atoms with Crippen LogP contribution in [0.4, 0.5) is 10.8 Å². The predicted molar refractivity (Wildman–Crippen MR) is 121 cm³/mol. The molecule has 0 saturated carbocycles. The van der Waals surface area contributed by atoms with Crippen LogP contribution in [0.5, 0.6) is 0 Å². The molecular weight excluding hydrogens is 416 g/mol. The first-order chi connectivity index (χ1) is 14.6. The third-order valence-electron chi connectivity index (χ3n) is 4.82. The Morgan fingerprint density at radius 3 is 2.83 bits per heavy atom. The summed E-state index contributed by atoms with van der Waals surface area (Å²) in [6.07, 6.45) is 0.807. The molecule has 1 atom stereocenters. The predicted octanol–water partition coefficient (Wildman–Crippen LogP) is 4.49. The Hall–Kier alpha value is -2.71. The number of amides is 2. The van der Waals surface area contributed by atoms with E-state index in [2.05, 4.69) is 15.5 Å². The van der Waals surface area contributed by atoms with Gasteiger partial charge >= 0.3 is 0 Å². The van der Waals surface area contributed by atoms with E-state index in [1.54, 1.807) is 16.7 Å². The molecule has 6 nitrogen and oxygen atoms in total. The summed E-state index contributed by atoms with van der Waals surface area (Å²) in [6, 6.07) is 17.9. The lowest BCUT2D eigenvalue weighted by Gasteiger charge is -2.16. The largest absolute Gasteiger partial charge is 0.312 e. The van der Waals surface area contributed by atoms with Gasteiger partial charge in [0.25, 0.3) is 0 Å². The molecule has 0 radical (unpaired) electrons. The Balaban J connectivity index is 1.30. The van der Waals surface area contributed by atoms with Crippen LogP contribution < -0.4 is 10.2 Å². The fourth-order valence-electron chi connectivity index (χ4n) is 3.33. The number of rotatable bonds is 7. The molecular formula is C22H22N4O2S2. The SMILES string of the molecule is Cc1cccc(N2CC(c3nnc(NC(=O)CCSc4ccccc4)s3)CC2=O)c1. The Morgan fingerprint density at radius 1 is 1.20 bits per heavy atom. The van der Waals surface area contributed by atoms with Crippen LogP contribution in [0.3, 0.4) is 0 Å². The standard InChI is InChI=1S/C22H22N4O2S2/c1-15-6-5-7-17(12-15)26-14-16(13-20(26)28)21-24-25-22(30-21)23-19(27)10-11-29-18-8-3-2-4-9-18/h2-9,12,16H,10-11,13-14H2,1H3,(H,23,25,27). The van der Waals surface area contributed by atoms with E-state index >= 15 is 0 Å². The molecule has 1 saturated heterocycles. The zero-order chi connectivity index (χ0) is 20.9. The Kier molecular flexibility index (Phi) is 6.44. The molecule has 2 amide bonds. The molecule has 1 aromatic heterocycles. The van der Waals surface area contributed by atoms with Crippen molar-refractivity contribution in [1.82, 2.24) is 10.2 Å². The topological polar surface area (TPSA) is 75.2 Å². The molecule has 0 spiro atoms. The van der Waals surface area contributed by atoms with E-state index in [0.29, 0.717) is 30.3 Å². The number of carbonyl (C=O) groups excluding carboxylic acids is 2. The van der Waals surface area contributed by atoms with Crippen LogP contribution in [0, 0.1) is 6.92 Å². The minimum absolute atomic E-state index is 0.00481. The second kappa shape index (κ2) is 9.40. The Morgan fingerprint density at radius 2 is 2.03 bits per heavy atom. The van der Waals surface area contributed by atoms with Gasteiger partial charge < -0.3 is 10.2 Å². The molecule has 0 bridgehead atoms. The van der Waals surface area contributed by atoms with Gasteiger partial charge in [-0.2, -0.15) is 0 Å². The zero-order valence-corrected chi connectivity index (χ0v) is 18.2. The highest BCUT2D eigenvalue weighted by Gasteiger charge is 2.34. The van der Waals surface area contributed by atoms with Crippen molar-refractivity contribution in [2.75, 3.05) is 22.5 Å². The summed E-state index contributed by atoms with van der Waals surface area (Å²) in [5.41, 5.74) is 2.03. The van der Waals surface area contributed by atoms with Crippen molar-refractivity contribution >= 4 is 45.7 Å². The number of hydrogen-bond acceptors (Lipinski definition) is 6. The first kappa shape index (κ1) is 20.6. The summed E-state index contributed by atoms with van der Waals surface area (Å²) in [4.78, 5) is 27.7. The number of thioether (sulfide) groups is 1. The highest BCUT2D eigenvalue weighted by atomic mass is 32.2. The molecule has 2 aromatic carbocycles. The van der Waals surface area contributed by atoms with Gasteiger partial charge in [0.1, 0.15) is 5.01 Å². The molecule has 1 unspecified atom stereocenters. The van der Waals surface area contributed by atoms with Gasteiger partial charge in [0.05, 0.1) is 0 Å². The van der Waals surface area contributed by atoms with Crippen LogP contribution in [-0.4, -0.2) is 34.3 Å². The maximum Gasteiger partial charge on any atom is 0.227 e. The molecule has 4 rings (SSSR count). The van der Waals surface area contributed by atoms with E-state index in [1.165, 1.54) is 11.3 Å². The number of nitrogens with zero attached hydrogens (tertiary/aromatic N) is 3. The van der Waals surface area contributed by atoms with Crippen LogP contribution in [0.15, 0.2) is 59.5 Å². The number of nitrogens with one attached hydrogen (secondary N) is 1. The van der Waals surface area contributed by atoms with Gasteiger partial charge in [-0.3, -0.25) is 9.59 Å². The summed E-state index contributed by atoms with van der Waals surface area (Å²) in [5, 5.41) is 12.4. The molecule has 0 aliphatic carbocycles. The van der Waals surface area contributed by atoms with E-state index < -0.39 is 0 Å². The quantitative estimate of drug-likeness (QED) is 0.550. The number of carbonyl (C=O) groups is 2. The maximum atomic E-state index is 12.5. The monoisotopic (exact) mass is 438 g/mol. The molecule has 30 heavy (non-hydrogen) atoms. The first-order valence-corrected chi connectivity index (χ1v) is 11.6. The number of benzene rings is 2. The summed E-state index contributed by atoms with van der Waals surface area (Å²) >= 11 is 3.00. The van der Waals surface area contributed by atoms with Crippen molar-refractivity contribution in [2.45, 2.75) is 30.6 Å². The third kappa shape index (κ3) is 5.06. The van der Waals surface area contributed by atoms with Gasteiger partial charge in [-0.1, -0.05) is 41.7 Å². The maximum absolute atomic E-state index is 12.5. The van der Waals surface area contributed by atoms with Gasteiger partial charge in [-0.05, 0) is 36.8 Å². The molecule has 3 aromatic rings. The molecule has 2 heterocycles. The number of aryl methyl sites for hydroxylation is 1. The van der Waals surface area contributed by atoms with E-state index in [9.17, 15) is 9.59 Å². The number of aromatic nitrogens is 2. The van der Waals surface area contributed by atoms with Gasteiger partial charge in [0.15, 0.2) is 0 Å². The first-order valence-electron chi connectivity index (χ1n) is 9.76. The molecule has 1 aliphatic rings. The van der Waals surface area contributed by atoms with E-state index in [-0.39, 0.29) is 17.7 Å². The molecule has 154 valence electrons. The van der Waals surface area contributed by atoms with Crippen LogP contribution in [0.25, 0.3) is 0 Å². The van der Waals surface area contributed by atoms with Gasteiger partial charge in [-0.15, -0.1) is 22.0 Å². The van der Waals surface area contributed by atoms with Crippen molar-refractivity contribution in [3.63, 3.8) is 0 Å². The average Bonchev–Trinajstić information content (AvgIpc) is 3.35. The molecule has 8 heteroatoms. The van der Waals surface area contributed by atoms with Crippen LogP contribution >= 0.6 is 23.1 Å². The van der Waals surface area contributed by atoms with Gasteiger partial charge in [-0.25, -0.2) is 0 Å². The van der Waals surface area contributed by atoms with Crippen molar-refractivity contribution in [2.24, 2.45) is 0 Å². The molecule has 1 aliphatic heterocycles. The van der Waals surface area contributed by atoms with Gasteiger partial charge in [0, 0.05) is 41.6 Å². The Labute approximate surface area is 183 Å². The molecule has 1 N–H and O–H groups in total. The van der Waals surface area contributed by atoms with Crippen LogP contribution in [0.2, 0.25) is 0 Å². The lowest BCUT2D eigenvalue weighted by atomic mass is 10.1. The fraction of sp³-hybridized carbons (Fsp3) is 0.273. The van der Waals surface area contributed by atoms with Crippen molar-refractivity contribution < 1.29 is 9.59 Å². The highest BCUT2D eigenvalue weighted by molar-refractivity contribution is 7.99. The van der Waals surface area contributed by atoms with E-state index in [1.807, 2.05) is 61.5 Å². The summed E-state index contributed by atoms with van der Waals surface area (Å²) in [7, 11) is 0. The zero-order valence-electron chi connectivity index (χ0n) is 16.6. The van der Waals surface area contributed by atoms with Gasteiger partial charge in [0.2, 0.25) is 16.9 Å². The smallest absolute Gasteiger partial charge is 0.227 e. The molecule has 1 fully saturated rings. The van der Waals surface area contributed by atoms with E-state index in [0.717, 1.165) is 21.2 Å². The third-order valence-corrected chi connectivity index (χ3v) is 6.83. The highest BCUT2D eigenvalue weighted by Crippen LogP contribution is 2.34. The second-order valence-electron chi connectivity index (χ2n) is 7.15. The summed E-state index contributed by atoms with van der Waals surface area (Å²) in [6.45, 7) is 2.60.